The van der Waals surface area contributed by atoms with E-state index in [0.29, 0.717) is 5.88 Å². The summed E-state index contributed by atoms with van der Waals surface area (Å²) >= 11 is 7.37. The van der Waals surface area contributed by atoms with E-state index >= 15 is 0 Å². The van der Waals surface area contributed by atoms with E-state index in [9.17, 15) is 0 Å². The number of aryl methyl sites for hydroxylation is 1. The summed E-state index contributed by atoms with van der Waals surface area (Å²) in [5.74, 6) is 0.496. The molecule has 0 amide bonds. The lowest BCUT2D eigenvalue weighted by Gasteiger charge is -2.02. The largest absolute Gasteiger partial charge is 0.259 e. The quantitative estimate of drug-likeness (QED) is 0.564. The molecule has 12 heavy (non-hydrogen) atoms. The number of hydrogen-bond donors (Lipinski definition) is 0. The topological polar surface area (TPSA) is 12.9 Å². The molecule has 1 aromatic heterocycles. The Bertz CT molecular complexity index is 253. The normalized spacial score (nSPS) is 9.25. The van der Waals surface area contributed by atoms with Gasteiger partial charge in [0.15, 0.2) is 0 Å². The number of hydrogen-bond acceptors (Lipinski definition) is 2. The Kier molecular flexibility index (Phi) is 5.72. The number of alkyl halides is 1. The molecule has 1 rings (SSSR count). The van der Waals surface area contributed by atoms with Crippen LogP contribution in [0, 0.1) is 6.92 Å². The molecule has 0 saturated heterocycles. The van der Waals surface area contributed by atoms with E-state index in [1.165, 1.54) is 10.5 Å². The molecule has 0 N–H and O–H groups in total. The van der Waals surface area contributed by atoms with Gasteiger partial charge in [-0.05, 0) is 24.8 Å². The maximum Gasteiger partial charge on any atom is 0.0686 e. The van der Waals surface area contributed by atoms with Gasteiger partial charge in [-0.2, -0.15) is 0 Å². The Balaban J connectivity index is 0.00000121. The van der Waals surface area contributed by atoms with Crippen LogP contribution in [0.5, 0.6) is 0 Å². The lowest BCUT2D eigenvalue weighted by atomic mass is 10.3. The molecular weight excluding hydrogens is 213 g/mol. The van der Waals surface area contributed by atoms with E-state index in [-0.39, 0.29) is 12.4 Å². The molecule has 0 aliphatic rings. The van der Waals surface area contributed by atoms with E-state index < -0.39 is 0 Å². The Labute approximate surface area is 88.3 Å². The molecule has 0 aromatic carbocycles. The summed E-state index contributed by atoms with van der Waals surface area (Å²) in [6.45, 7) is 2.03. The summed E-state index contributed by atoms with van der Waals surface area (Å²) < 4.78 is 0. The number of thioether (sulfide) groups is 1. The maximum atomic E-state index is 5.69. The summed E-state index contributed by atoms with van der Waals surface area (Å²) in [5, 5.41) is 0. The van der Waals surface area contributed by atoms with Gasteiger partial charge in [0.2, 0.25) is 0 Å². The fraction of sp³-hybridized carbons (Fsp3) is 0.375. The van der Waals surface area contributed by atoms with Gasteiger partial charge < -0.3 is 0 Å². The van der Waals surface area contributed by atoms with E-state index in [1.54, 1.807) is 11.8 Å². The van der Waals surface area contributed by atoms with Gasteiger partial charge in [-0.1, -0.05) is 0 Å². The molecule has 4 heteroatoms. The number of halogens is 2. The standard InChI is InChI=1S/C8H10ClNS.ClH/c1-6-3-8(11-2)7(4-9)10-5-6;/h3,5H,4H2,1-2H3;1H. The minimum atomic E-state index is 0. The molecule has 0 radical (unpaired) electrons. The minimum Gasteiger partial charge on any atom is -0.259 e. The monoisotopic (exact) mass is 223 g/mol. The van der Waals surface area contributed by atoms with Crippen molar-refractivity contribution in [2.75, 3.05) is 6.26 Å². The second-order valence-electron chi connectivity index (χ2n) is 2.30. The fourth-order valence-corrected chi connectivity index (χ4v) is 1.80. The van der Waals surface area contributed by atoms with Gasteiger partial charge >= 0.3 is 0 Å². The Hall–Kier alpha value is 0.0800. The average Bonchev–Trinajstić information content (AvgIpc) is 2.04. The number of rotatable bonds is 2. The lowest BCUT2D eigenvalue weighted by molar-refractivity contribution is 1.07. The summed E-state index contributed by atoms with van der Waals surface area (Å²) in [7, 11) is 0. The number of nitrogens with zero attached hydrogens (tertiary/aromatic N) is 1. The van der Waals surface area contributed by atoms with Crippen molar-refractivity contribution in [2.24, 2.45) is 0 Å². The van der Waals surface area contributed by atoms with Crippen LogP contribution < -0.4 is 0 Å². The van der Waals surface area contributed by atoms with Crippen LogP contribution in [0.15, 0.2) is 17.2 Å². The number of aromatic nitrogens is 1. The highest BCUT2D eigenvalue weighted by molar-refractivity contribution is 7.98. The predicted octanol–water partition coefficient (Wildman–Crippen LogP) is 3.27. The molecule has 1 aromatic rings. The van der Waals surface area contributed by atoms with Crippen molar-refractivity contribution in [3.05, 3.63) is 23.5 Å². The van der Waals surface area contributed by atoms with Crippen molar-refractivity contribution in [3.8, 4) is 0 Å². The van der Waals surface area contributed by atoms with Crippen LogP contribution in [0.2, 0.25) is 0 Å². The van der Waals surface area contributed by atoms with Gasteiger partial charge in [0, 0.05) is 11.1 Å². The Morgan fingerprint density at radius 1 is 1.58 bits per heavy atom. The van der Waals surface area contributed by atoms with Crippen LogP contribution in [0.4, 0.5) is 0 Å². The van der Waals surface area contributed by atoms with Gasteiger partial charge in [-0.25, -0.2) is 0 Å². The molecule has 1 heterocycles. The fourth-order valence-electron chi connectivity index (χ4n) is 0.848. The highest BCUT2D eigenvalue weighted by atomic mass is 35.5. The van der Waals surface area contributed by atoms with Crippen molar-refractivity contribution >= 4 is 35.8 Å². The third-order valence-corrected chi connectivity index (χ3v) is 2.46. The SMILES string of the molecule is CSc1cc(C)cnc1CCl.Cl. The smallest absolute Gasteiger partial charge is 0.0686 e. The van der Waals surface area contributed by atoms with Crippen molar-refractivity contribution in [1.29, 1.82) is 0 Å². The minimum absolute atomic E-state index is 0. The highest BCUT2D eigenvalue weighted by Crippen LogP contribution is 2.20. The third kappa shape index (κ3) is 2.85. The predicted molar refractivity (Wildman–Crippen MR) is 57.6 cm³/mol. The summed E-state index contributed by atoms with van der Waals surface area (Å²) in [6.07, 6.45) is 3.88. The third-order valence-electron chi connectivity index (χ3n) is 1.41. The highest BCUT2D eigenvalue weighted by Gasteiger charge is 2.00. The first-order chi connectivity index (χ1) is 5.27. The summed E-state index contributed by atoms with van der Waals surface area (Å²) in [5.41, 5.74) is 2.16. The van der Waals surface area contributed by atoms with E-state index in [0.717, 1.165) is 5.69 Å². The zero-order valence-electron chi connectivity index (χ0n) is 7.00. The zero-order valence-corrected chi connectivity index (χ0v) is 9.39. The maximum absolute atomic E-state index is 5.69. The van der Waals surface area contributed by atoms with Crippen LogP contribution in [0.3, 0.4) is 0 Å². The number of pyridine rings is 1. The second-order valence-corrected chi connectivity index (χ2v) is 3.41. The average molecular weight is 224 g/mol. The molecular formula is C8H11Cl2NS. The summed E-state index contributed by atoms with van der Waals surface area (Å²) in [4.78, 5) is 5.40. The second kappa shape index (κ2) is 5.68. The molecule has 1 nitrogen and oxygen atoms in total. The van der Waals surface area contributed by atoms with E-state index in [4.69, 9.17) is 11.6 Å². The van der Waals surface area contributed by atoms with Crippen molar-refractivity contribution in [1.82, 2.24) is 4.98 Å². The summed E-state index contributed by atoms with van der Waals surface area (Å²) in [6, 6.07) is 2.11. The molecule has 68 valence electrons. The zero-order chi connectivity index (χ0) is 8.27. The van der Waals surface area contributed by atoms with Gasteiger partial charge in [0.05, 0.1) is 11.6 Å². The first-order valence-corrected chi connectivity index (χ1v) is 5.09. The molecule has 0 bridgehead atoms. The molecule has 0 saturated carbocycles. The van der Waals surface area contributed by atoms with Crippen LogP contribution in [-0.4, -0.2) is 11.2 Å². The van der Waals surface area contributed by atoms with Crippen molar-refractivity contribution in [2.45, 2.75) is 17.7 Å². The van der Waals surface area contributed by atoms with Crippen LogP contribution in [0.25, 0.3) is 0 Å². The van der Waals surface area contributed by atoms with Gasteiger partial charge in [0.1, 0.15) is 0 Å². The molecule has 0 spiro atoms. The van der Waals surface area contributed by atoms with Crippen LogP contribution >= 0.6 is 35.8 Å². The van der Waals surface area contributed by atoms with Crippen LogP contribution in [-0.2, 0) is 5.88 Å². The van der Waals surface area contributed by atoms with Gasteiger partial charge in [-0.15, -0.1) is 35.8 Å². The molecule has 0 atom stereocenters. The molecule has 0 unspecified atom stereocenters. The Morgan fingerprint density at radius 3 is 2.75 bits per heavy atom. The molecule has 0 aliphatic carbocycles. The lowest BCUT2D eigenvalue weighted by Crippen LogP contribution is -1.89. The molecule has 0 aliphatic heterocycles. The van der Waals surface area contributed by atoms with Gasteiger partial charge in [0.25, 0.3) is 0 Å². The molecule has 0 fully saturated rings. The Morgan fingerprint density at radius 2 is 2.25 bits per heavy atom. The van der Waals surface area contributed by atoms with E-state index in [2.05, 4.69) is 11.1 Å². The first-order valence-electron chi connectivity index (χ1n) is 3.33. The van der Waals surface area contributed by atoms with Crippen LogP contribution in [0.1, 0.15) is 11.3 Å². The van der Waals surface area contributed by atoms with Gasteiger partial charge in [-0.3, -0.25) is 4.98 Å². The van der Waals surface area contributed by atoms with Crippen molar-refractivity contribution in [3.63, 3.8) is 0 Å². The first kappa shape index (κ1) is 12.1. The van der Waals surface area contributed by atoms with E-state index in [1.807, 2.05) is 19.4 Å². The van der Waals surface area contributed by atoms with Crippen molar-refractivity contribution < 1.29 is 0 Å².